The lowest BCUT2D eigenvalue weighted by Crippen LogP contribution is -2.46. The van der Waals surface area contributed by atoms with E-state index in [-0.39, 0.29) is 24.9 Å². The first-order chi connectivity index (χ1) is 13.4. The van der Waals surface area contributed by atoms with E-state index in [1.54, 1.807) is 0 Å². The minimum absolute atomic E-state index is 0.0879. The van der Waals surface area contributed by atoms with Gasteiger partial charge in [-0.1, -0.05) is 62.4 Å². The van der Waals surface area contributed by atoms with Crippen molar-refractivity contribution >= 4 is 12.1 Å². The fourth-order valence-electron chi connectivity index (χ4n) is 3.74. The molecule has 1 aliphatic carbocycles. The molecule has 1 radical (unpaired) electrons. The van der Waals surface area contributed by atoms with Crippen molar-refractivity contribution in [2.75, 3.05) is 6.61 Å². The van der Waals surface area contributed by atoms with Gasteiger partial charge in [0.25, 0.3) is 0 Å². The van der Waals surface area contributed by atoms with Crippen molar-refractivity contribution in [1.29, 1.82) is 0 Å². The molecular formula is C22H25N2O4. The molecule has 0 unspecified atom stereocenters. The largest absolute Gasteiger partial charge is 0.480 e. The van der Waals surface area contributed by atoms with Gasteiger partial charge in [0.2, 0.25) is 0 Å². The second-order valence-corrected chi connectivity index (χ2v) is 7.34. The molecule has 0 bridgehead atoms. The van der Waals surface area contributed by atoms with Gasteiger partial charge in [-0.2, -0.15) is 0 Å². The average molecular weight is 381 g/mol. The van der Waals surface area contributed by atoms with Crippen LogP contribution in [0.5, 0.6) is 0 Å². The Hall–Kier alpha value is -2.86. The molecule has 1 aliphatic rings. The number of amides is 1. The third-order valence-corrected chi connectivity index (χ3v) is 5.02. The SMILES string of the molecule is CC(C)C[C@@H](C(=O)O)N([CH]N)C(=O)OCC1c2ccccc2-c2ccccc21. The monoisotopic (exact) mass is 381 g/mol. The molecule has 28 heavy (non-hydrogen) atoms. The highest BCUT2D eigenvalue weighted by atomic mass is 16.6. The van der Waals surface area contributed by atoms with E-state index in [4.69, 9.17) is 10.5 Å². The van der Waals surface area contributed by atoms with Gasteiger partial charge < -0.3 is 15.6 Å². The second kappa shape index (κ2) is 8.44. The number of benzene rings is 2. The molecule has 2 aromatic carbocycles. The number of rotatable bonds is 7. The van der Waals surface area contributed by atoms with Crippen molar-refractivity contribution in [2.24, 2.45) is 11.7 Å². The Morgan fingerprint density at radius 1 is 1.11 bits per heavy atom. The number of carbonyl (C=O) groups is 2. The maximum Gasteiger partial charge on any atom is 0.411 e. The number of carboxylic acids is 1. The minimum atomic E-state index is -1.11. The van der Waals surface area contributed by atoms with Crippen LogP contribution in [0.1, 0.15) is 37.3 Å². The summed E-state index contributed by atoms with van der Waals surface area (Å²) in [5, 5.41) is 9.49. The number of nitrogens with two attached hydrogens (primary N) is 1. The van der Waals surface area contributed by atoms with E-state index in [1.165, 1.54) is 0 Å². The van der Waals surface area contributed by atoms with Gasteiger partial charge in [-0.25, -0.2) is 9.59 Å². The molecule has 3 N–H and O–H groups in total. The van der Waals surface area contributed by atoms with Crippen LogP contribution in [0.4, 0.5) is 4.79 Å². The van der Waals surface area contributed by atoms with Crippen LogP contribution in [0, 0.1) is 12.6 Å². The number of aliphatic carboxylic acids is 1. The summed E-state index contributed by atoms with van der Waals surface area (Å²) in [5.74, 6) is -1.11. The molecule has 6 heteroatoms. The van der Waals surface area contributed by atoms with E-state index in [0.717, 1.165) is 33.8 Å². The van der Waals surface area contributed by atoms with Gasteiger partial charge in [0.1, 0.15) is 19.3 Å². The maximum absolute atomic E-state index is 12.6. The van der Waals surface area contributed by atoms with Crippen molar-refractivity contribution in [3.8, 4) is 11.1 Å². The van der Waals surface area contributed by atoms with Crippen LogP contribution in [0.25, 0.3) is 11.1 Å². The number of carbonyl (C=O) groups excluding carboxylic acids is 1. The van der Waals surface area contributed by atoms with E-state index >= 15 is 0 Å². The molecule has 1 amide bonds. The van der Waals surface area contributed by atoms with Gasteiger partial charge in [0.05, 0.1) is 0 Å². The summed E-state index contributed by atoms with van der Waals surface area (Å²) in [5.41, 5.74) is 10.0. The van der Waals surface area contributed by atoms with Crippen LogP contribution in [0.15, 0.2) is 48.5 Å². The van der Waals surface area contributed by atoms with Crippen molar-refractivity contribution in [2.45, 2.75) is 32.2 Å². The van der Waals surface area contributed by atoms with E-state index in [0.29, 0.717) is 0 Å². The summed E-state index contributed by atoms with van der Waals surface area (Å²) < 4.78 is 5.52. The summed E-state index contributed by atoms with van der Waals surface area (Å²) in [6, 6.07) is 15.0. The summed E-state index contributed by atoms with van der Waals surface area (Å²) in [6.45, 7) is 4.88. The van der Waals surface area contributed by atoms with Crippen molar-refractivity contribution < 1.29 is 19.4 Å². The van der Waals surface area contributed by atoms with Crippen LogP contribution in [0.2, 0.25) is 0 Å². The number of hydrogen-bond acceptors (Lipinski definition) is 4. The molecule has 2 aromatic rings. The fourth-order valence-corrected chi connectivity index (χ4v) is 3.74. The third kappa shape index (κ3) is 3.87. The van der Waals surface area contributed by atoms with Crippen LogP contribution < -0.4 is 5.73 Å². The molecule has 6 nitrogen and oxygen atoms in total. The van der Waals surface area contributed by atoms with Crippen LogP contribution in [0.3, 0.4) is 0 Å². The third-order valence-electron chi connectivity index (χ3n) is 5.02. The zero-order valence-corrected chi connectivity index (χ0v) is 16.0. The van der Waals surface area contributed by atoms with Crippen molar-refractivity contribution in [3.63, 3.8) is 0 Å². The molecule has 0 heterocycles. The number of carboxylic acid groups (broad SMARTS) is 1. The van der Waals surface area contributed by atoms with E-state index in [1.807, 2.05) is 50.2 Å². The lowest BCUT2D eigenvalue weighted by atomic mass is 9.98. The molecule has 0 aromatic heterocycles. The summed E-state index contributed by atoms with van der Waals surface area (Å²) in [7, 11) is 0. The average Bonchev–Trinajstić information content (AvgIpc) is 2.99. The minimum Gasteiger partial charge on any atom is -0.480 e. The molecule has 0 fully saturated rings. The topological polar surface area (TPSA) is 92.9 Å². The van der Waals surface area contributed by atoms with Crippen molar-refractivity contribution in [1.82, 2.24) is 4.90 Å². The lowest BCUT2D eigenvalue weighted by Gasteiger charge is -2.28. The number of fused-ring (bicyclic) bond motifs is 3. The quantitative estimate of drug-likeness (QED) is 0.761. The Morgan fingerprint density at radius 3 is 2.11 bits per heavy atom. The zero-order chi connectivity index (χ0) is 20.3. The Kier molecular flexibility index (Phi) is 5.99. The number of nitrogens with zero attached hydrogens (tertiary/aromatic N) is 1. The summed E-state index contributed by atoms with van der Waals surface area (Å²) in [6.07, 6.45) is -0.467. The molecule has 147 valence electrons. The predicted molar refractivity (Wildman–Crippen MR) is 106 cm³/mol. The van der Waals surface area contributed by atoms with Gasteiger partial charge in [-0.3, -0.25) is 4.90 Å². The van der Waals surface area contributed by atoms with E-state index in [9.17, 15) is 14.7 Å². The first-order valence-electron chi connectivity index (χ1n) is 9.35. The highest BCUT2D eigenvalue weighted by Gasteiger charge is 2.33. The lowest BCUT2D eigenvalue weighted by molar-refractivity contribution is -0.142. The van der Waals surface area contributed by atoms with Gasteiger partial charge in [0.15, 0.2) is 0 Å². The molecule has 0 saturated carbocycles. The normalized spacial score (nSPS) is 13.7. The Balaban J connectivity index is 1.77. The Labute approximate surface area is 164 Å². The van der Waals surface area contributed by atoms with Crippen molar-refractivity contribution in [3.05, 3.63) is 66.3 Å². The number of ether oxygens (including phenoxy) is 1. The molecular weight excluding hydrogens is 356 g/mol. The highest BCUT2D eigenvalue weighted by Crippen LogP contribution is 2.44. The standard InChI is InChI=1S/C22H25N2O4/c1-14(2)11-20(21(25)26)24(13-23)22(27)28-12-19-17-9-5-3-7-15(17)16-8-4-6-10-18(16)19/h3-10,13-14,19-20H,11-12,23H2,1-2H3,(H,25,26)/t20-/m0/s1. The van der Waals surface area contributed by atoms with Crippen LogP contribution in [-0.4, -0.2) is 34.7 Å². The first-order valence-corrected chi connectivity index (χ1v) is 9.35. The summed E-state index contributed by atoms with van der Waals surface area (Å²) in [4.78, 5) is 25.2. The van der Waals surface area contributed by atoms with Crippen LogP contribution in [-0.2, 0) is 9.53 Å². The van der Waals surface area contributed by atoms with Gasteiger partial charge in [-0.15, -0.1) is 0 Å². The fraction of sp³-hybridized carbons (Fsp3) is 0.318. The highest BCUT2D eigenvalue weighted by molar-refractivity contribution is 5.81. The smallest absolute Gasteiger partial charge is 0.411 e. The molecule has 3 rings (SSSR count). The second-order valence-electron chi connectivity index (χ2n) is 7.34. The van der Waals surface area contributed by atoms with Crippen LogP contribution >= 0.6 is 0 Å². The van der Waals surface area contributed by atoms with E-state index in [2.05, 4.69) is 12.1 Å². The van der Waals surface area contributed by atoms with Gasteiger partial charge >= 0.3 is 12.1 Å². The summed E-state index contributed by atoms with van der Waals surface area (Å²) >= 11 is 0. The Bertz CT molecular complexity index is 820. The maximum atomic E-state index is 12.6. The zero-order valence-electron chi connectivity index (χ0n) is 16.0. The number of hydrogen-bond donors (Lipinski definition) is 2. The molecule has 1 atom stereocenters. The van der Waals surface area contributed by atoms with E-state index < -0.39 is 18.1 Å². The molecule has 0 aliphatic heterocycles. The molecule has 0 spiro atoms. The first kappa shape index (κ1) is 19.9. The Morgan fingerprint density at radius 2 is 1.64 bits per heavy atom. The van der Waals surface area contributed by atoms with Gasteiger partial charge in [-0.05, 0) is 34.6 Å². The van der Waals surface area contributed by atoms with Gasteiger partial charge in [0, 0.05) is 5.92 Å². The predicted octanol–water partition coefficient (Wildman–Crippen LogP) is 3.81. The molecule has 0 saturated heterocycles.